The van der Waals surface area contributed by atoms with Crippen LogP contribution in [0.5, 0.6) is 0 Å². The molecule has 0 unspecified atom stereocenters. The van der Waals surface area contributed by atoms with E-state index < -0.39 is 8.07 Å². The summed E-state index contributed by atoms with van der Waals surface area (Å²) in [6, 6.07) is 101. The Balaban J connectivity index is 0.920. The molecule has 328 valence electrons. The molecule has 0 aliphatic heterocycles. The van der Waals surface area contributed by atoms with Crippen molar-refractivity contribution in [3.05, 3.63) is 273 Å². The van der Waals surface area contributed by atoms with E-state index in [1.807, 2.05) is 0 Å². The monoisotopic (exact) mass is 907 g/mol. The van der Waals surface area contributed by atoms with Gasteiger partial charge in [0.15, 0.2) is 8.07 Å². The number of aromatic nitrogens is 3. The van der Waals surface area contributed by atoms with Gasteiger partial charge in [0.2, 0.25) is 0 Å². The highest BCUT2D eigenvalue weighted by atomic mass is 28.3. The molecular weight excluding hydrogens is 863 g/mol. The van der Waals surface area contributed by atoms with Crippen molar-refractivity contribution in [1.29, 1.82) is 0 Å². The molecule has 4 heteroatoms. The smallest absolute Gasteiger partial charge is 0.179 e. The van der Waals surface area contributed by atoms with Crippen LogP contribution >= 0.6 is 0 Å². The first-order valence-corrected chi connectivity index (χ1v) is 26.2. The molecular formula is C66H45N3Si. The average Bonchev–Trinajstić information content (AvgIpc) is 4.07. The molecule has 0 aliphatic rings. The van der Waals surface area contributed by atoms with E-state index in [4.69, 9.17) is 0 Å². The molecule has 14 rings (SSSR count). The van der Waals surface area contributed by atoms with E-state index in [1.165, 1.54) is 97.3 Å². The Hall–Kier alpha value is -8.96. The van der Waals surface area contributed by atoms with Gasteiger partial charge in [0.05, 0.1) is 33.1 Å². The molecule has 0 saturated carbocycles. The minimum Gasteiger partial charge on any atom is -0.309 e. The van der Waals surface area contributed by atoms with E-state index in [-0.39, 0.29) is 0 Å². The Morgan fingerprint density at radius 2 is 0.543 bits per heavy atom. The van der Waals surface area contributed by atoms with Gasteiger partial charge in [0.1, 0.15) is 0 Å². The van der Waals surface area contributed by atoms with Crippen LogP contribution in [0.25, 0.3) is 93.6 Å². The fraction of sp³-hybridized carbons (Fsp3) is 0. The van der Waals surface area contributed by atoms with Crippen LogP contribution in [0.3, 0.4) is 0 Å². The molecule has 3 heterocycles. The molecule has 11 aromatic carbocycles. The zero-order chi connectivity index (χ0) is 46.2. The number of hydrogen-bond donors (Lipinski definition) is 0. The normalized spacial score (nSPS) is 12.0. The summed E-state index contributed by atoms with van der Waals surface area (Å²) >= 11 is 0. The van der Waals surface area contributed by atoms with Crippen LogP contribution in [0.1, 0.15) is 0 Å². The second-order valence-electron chi connectivity index (χ2n) is 18.5. The Kier molecular flexibility index (Phi) is 9.23. The number of hydrogen-bond acceptors (Lipinski definition) is 0. The van der Waals surface area contributed by atoms with Crippen molar-refractivity contribution in [2.24, 2.45) is 0 Å². The van der Waals surface area contributed by atoms with E-state index in [0.29, 0.717) is 0 Å². The molecule has 0 N–H and O–H groups in total. The molecule has 0 atom stereocenters. The van der Waals surface area contributed by atoms with E-state index in [1.54, 1.807) is 0 Å². The van der Waals surface area contributed by atoms with Gasteiger partial charge >= 0.3 is 0 Å². The van der Waals surface area contributed by atoms with Crippen molar-refractivity contribution in [2.45, 2.75) is 0 Å². The molecule has 0 spiro atoms. The summed E-state index contributed by atoms with van der Waals surface area (Å²) in [6.07, 6.45) is 0. The van der Waals surface area contributed by atoms with Crippen LogP contribution in [0.4, 0.5) is 0 Å². The second kappa shape index (κ2) is 16.1. The van der Waals surface area contributed by atoms with Crippen LogP contribution in [-0.4, -0.2) is 21.8 Å². The molecule has 14 aromatic rings. The third kappa shape index (κ3) is 6.07. The summed E-state index contributed by atoms with van der Waals surface area (Å²) in [5.74, 6) is 0. The van der Waals surface area contributed by atoms with Gasteiger partial charge in [-0.05, 0) is 105 Å². The highest BCUT2D eigenvalue weighted by Gasteiger charge is 2.41. The zero-order valence-corrected chi connectivity index (χ0v) is 39.3. The van der Waals surface area contributed by atoms with E-state index >= 15 is 0 Å². The SMILES string of the molecule is c1ccc(-c2ccc3c4ccccc4n(-c4ccc5c(c4)c4ccccc4n5-c4ccc5c(c4)c4ccccc4n5-c4ccc([Si](c5ccccc5)(c5ccccc5)c5ccccc5)cc4)c3c2)cc1. The third-order valence-electron chi connectivity index (χ3n) is 14.8. The van der Waals surface area contributed by atoms with E-state index in [2.05, 4.69) is 287 Å². The van der Waals surface area contributed by atoms with Gasteiger partial charge in [-0.15, -0.1) is 0 Å². The van der Waals surface area contributed by atoms with Gasteiger partial charge in [-0.2, -0.15) is 0 Å². The molecule has 0 radical (unpaired) electrons. The van der Waals surface area contributed by atoms with Crippen molar-refractivity contribution in [2.75, 3.05) is 0 Å². The molecule has 0 saturated heterocycles. The minimum absolute atomic E-state index is 1.14. The van der Waals surface area contributed by atoms with Gasteiger partial charge in [-0.3, -0.25) is 0 Å². The van der Waals surface area contributed by atoms with E-state index in [9.17, 15) is 0 Å². The summed E-state index contributed by atoms with van der Waals surface area (Å²) < 4.78 is 7.35. The molecule has 0 aliphatic carbocycles. The summed E-state index contributed by atoms with van der Waals surface area (Å²) in [5, 5.41) is 12.9. The Labute approximate surface area is 407 Å². The van der Waals surface area contributed by atoms with Crippen LogP contribution in [0.15, 0.2) is 273 Å². The van der Waals surface area contributed by atoms with Gasteiger partial charge in [0, 0.05) is 49.4 Å². The van der Waals surface area contributed by atoms with Gasteiger partial charge in [-0.1, -0.05) is 200 Å². The lowest BCUT2D eigenvalue weighted by Gasteiger charge is -2.34. The van der Waals surface area contributed by atoms with Crippen molar-refractivity contribution >= 4 is 94.2 Å². The lowest BCUT2D eigenvalue weighted by molar-refractivity contribution is 1.16. The summed E-state index contributed by atoms with van der Waals surface area (Å²) in [6.45, 7) is 0. The zero-order valence-electron chi connectivity index (χ0n) is 38.3. The van der Waals surface area contributed by atoms with Gasteiger partial charge in [0.25, 0.3) is 0 Å². The fourth-order valence-electron chi connectivity index (χ4n) is 11.7. The standard InChI is InChI=1S/C66H45N3Si/c1-5-19-46(20-6-1)47-33-40-58-55-27-13-16-30-61(55)69(66(58)43-47)50-37-42-65-60(45-50)57-29-15-18-32-63(57)68(65)49-36-41-64-59(44-49)56-28-14-17-31-62(56)67(64)48-34-38-54(39-35-48)70(51-21-7-2-8-22-51,52-23-9-3-10-24-52)53-25-11-4-12-26-53/h1-45H. The van der Waals surface area contributed by atoms with Crippen molar-refractivity contribution in [3.8, 4) is 28.2 Å². The van der Waals surface area contributed by atoms with Crippen molar-refractivity contribution in [1.82, 2.24) is 13.7 Å². The van der Waals surface area contributed by atoms with Crippen molar-refractivity contribution in [3.63, 3.8) is 0 Å². The first kappa shape index (κ1) is 40.1. The predicted molar refractivity (Wildman–Crippen MR) is 299 cm³/mol. The van der Waals surface area contributed by atoms with E-state index in [0.717, 1.165) is 17.1 Å². The fourth-order valence-corrected chi connectivity index (χ4v) is 16.5. The third-order valence-corrected chi connectivity index (χ3v) is 19.6. The van der Waals surface area contributed by atoms with Crippen molar-refractivity contribution < 1.29 is 0 Å². The molecule has 70 heavy (non-hydrogen) atoms. The highest BCUT2D eigenvalue weighted by Crippen LogP contribution is 2.40. The Bertz CT molecular complexity index is 4170. The first-order chi connectivity index (χ1) is 34.7. The number of rotatable bonds is 8. The topological polar surface area (TPSA) is 14.8 Å². The molecule has 3 aromatic heterocycles. The number of fused-ring (bicyclic) bond motifs is 9. The minimum atomic E-state index is -2.67. The molecule has 0 fully saturated rings. The lowest BCUT2D eigenvalue weighted by Crippen LogP contribution is -2.74. The first-order valence-electron chi connectivity index (χ1n) is 24.2. The van der Waals surface area contributed by atoms with Crippen LogP contribution < -0.4 is 20.7 Å². The Morgan fingerprint density at radius 1 is 0.200 bits per heavy atom. The maximum absolute atomic E-state index is 2.67. The second-order valence-corrected chi connectivity index (χ2v) is 22.3. The maximum Gasteiger partial charge on any atom is 0.179 e. The summed E-state index contributed by atoms with van der Waals surface area (Å²) in [5.41, 5.74) is 13.0. The van der Waals surface area contributed by atoms with Crippen LogP contribution in [-0.2, 0) is 0 Å². The van der Waals surface area contributed by atoms with Crippen LogP contribution in [0.2, 0.25) is 0 Å². The lowest BCUT2D eigenvalue weighted by atomic mass is 10.0. The average molecular weight is 908 g/mol. The number of para-hydroxylation sites is 3. The van der Waals surface area contributed by atoms with Gasteiger partial charge < -0.3 is 13.7 Å². The summed E-state index contributed by atoms with van der Waals surface area (Å²) in [7, 11) is -2.67. The number of nitrogens with zero attached hydrogens (tertiary/aromatic N) is 3. The predicted octanol–water partition coefficient (Wildman–Crippen LogP) is 14.0. The Morgan fingerprint density at radius 3 is 1.03 bits per heavy atom. The van der Waals surface area contributed by atoms with Gasteiger partial charge in [-0.25, -0.2) is 0 Å². The van der Waals surface area contributed by atoms with Crippen LogP contribution in [0, 0.1) is 0 Å². The highest BCUT2D eigenvalue weighted by molar-refractivity contribution is 7.19. The number of benzene rings is 11. The largest absolute Gasteiger partial charge is 0.309 e. The molecule has 0 amide bonds. The molecule has 0 bridgehead atoms. The summed E-state index contributed by atoms with van der Waals surface area (Å²) in [4.78, 5) is 0. The quantitative estimate of drug-likeness (QED) is 0.107. The maximum atomic E-state index is 2.45. The molecule has 3 nitrogen and oxygen atoms in total.